The van der Waals surface area contributed by atoms with Crippen molar-refractivity contribution in [2.75, 3.05) is 37.7 Å². The minimum atomic E-state index is 0.310. The van der Waals surface area contributed by atoms with Gasteiger partial charge in [0.2, 0.25) is 5.91 Å². The van der Waals surface area contributed by atoms with E-state index in [1.807, 2.05) is 0 Å². The summed E-state index contributed by atoms with van der Waals surface area (Å²) in [5.41, 5.74) is 4.16. The quantitative estimate of drug-likeness (QED) is 0.841. The van der Waals surface area contributed by atoms with E-state index < -0.39 is 0 Å². The van der Waals surface area contributed by atoms with Gasteiger partial charge in [-0.05, 0) is 55.4 Å². The zero-order valence-corrected chi connectivity index (χ0v) is 13.8. The molecule has 1 amide bonds. The number of nitrogens with zero attached hydrogens (tertiary/aromatic N) is 2. The number of morpholine rings is 1. The van der Waals surface area contributed by atoms with Crippen molar-refractivity contribution < 1.29 is 9.53 Å². The van der Waals surface area contributed by atoms with E-state index in [0.29, 0.717) is 11.9 Å². The number of amides is 1. The molecule has 1 aromatic carbocycles. The molecule has 0 radical (unpaired) electrons. The zero-order chi connectivity index (χ0) is 15.6. The van der Waals surface area contributed by atoms with E-state index >= 15 is 0 Å². The highest BCUT2D eigenvalue weighted by molar-refractivity contribution is 5.77. The zero-order valence-electron chi connectivity index (χ0n) is 13.8. The van der Waals surface area contributed by atoms with E-state index in [1.54, 1.807) is 0 Å². The molecule has 4 nitrogen and oxygen atoms in total. The van der Waals surface area contributed by atoms with Crippen LogP contribution in [-0.2, 0) is 16.0 Å². The molecule has 0 aromatic heterocycles. The second kappa shape index (κ2) is 6.52. The summed E-state index contributed by atoms with van der Waals surface area (Å²) in [4.78, 5) is 16.9. The number of ether oxygens (including phenoxy) is 1. The Hall–Kier alpha value is -1.55. The van der Waals surface area contributed by atoms with Crippen LogP contribution in [0.3, 0.4) is 0 Å². The van der Waals surface area contributed by atoms with Gasteiger partial charge in [-0.3, -0.25) is 4.79 Å². The largest absolute Gasteiger partial charge is 0.378 e. The average Bonchev–Trinajstić information content (AvgIpc) is 2.62. The highest BCUT2D eigenvalue weighted by Gasteiger charge is 2.30. The average molecular weight is 314 g/mol. The van der Waals surface area contributed by atoms with Crippen molar-refractivity contribution in [1.82, 2.24) is 4.90 Å². The maximum atomic E-state index is 12.3. The third-order valence-electron chi connectivity index (χ3n) is 5.52. The van der Waals surface area contributed by atoms with Crippen LogP contribution in [0.2, 0.25) is 0 Å². The number of rotatable bonds is 2. The molecule has 2 heterocycles. The molecule has 2 fully saturated rings. The molecule has 23 heavy (non-hydrogen) atoms. The first-order chi connectivity index (χ1) is 11.3. The molecule has 1 aliphatic carbocycles. The molecule has 0 spiro atoms. The van der Waals surface area contributed by atoms with Crippen molar-refractivity contribution in [3.8, 4) is 0 Å². The van der Waals surface area contributed by atoms with Gasteiger partial charge in [0.1, 0.15) is 0 Å². The standard InChI is InChI=1S/C19H26N2O2/c22-19-6-1-2-9-21(19)18-5-3-4-15-14-16(7-8-17(15)18)20-10-12-23-13-11-20/h7-8,14,18H,1-6,9-13H2. The summed E-state index contributed by atoms with van der Waals surface area (Å²) in [5, 5.41) is 0. The number of aryl methyl sites for hydroxylation is 1. The number of anilines is 1. The van der Waals surface area contributed by atoms with Crippen LogP contribution in [-0.4, -0.2) is 43.7 Å². The van der Waals surface area contributed by atoms with Crippen LogP contribution in [0.1, 0.15) is 49.3 Å². The van der Waals surface area contributed by atoms with Crippen LogP contribution < -0.4 is 4.90 Å². The molecule has 2 aliphatic heterocycles. The van der Waals surface area contributed by atoms with Gasteiger partial charge in [-0.25, -0.2) is 0 Å². The number of piperidine rings is 1. The van der Waals surface area contributed by atoms with Gasteiger partial charge < -0.3 is 14.5 Å². The lowest BCUT2D eigenvalue weighted by atomic mass is 9.85. The number of benzene rings is 1. The summed E-state index contributed by atoms with van der Waals surface area (Å²) in [7, 11) is 0. The molecule has 3 aliphatic rings. The van der Waals surface area contributed by atoms with Gasteiger partial charge in [-0.1, -0.05) is 6.07 Å². The first kappa shape index (κ1) is 15.0. The van der Waals surface area contributed by atoms with E-state index in [4.69, 9.17) is 4.74 Å². The second-order valence-corrected chi connectivity index (χ2v) is 6.93. The lowest BCUT2D eigenvalue weighted by molar-refractivity contribution is -0.136. The van der Waals surface area contributed by atoms with Crippen molar-refractivity contribution in [3.05, 3.63) is 29.3 Å². The monoisotopic (exact) mass is 314 g/mol. The van der Waals surface area contributed by atoms with Gasteiger partial charge in [-0.2, -0.15) is 0 Å². The van der Waals surface area contributed by atoms with Crippen LogP contribution in [0.15, 0.2) is 18.2 Å². The van der Waals surface area contributed by atoms with Crippen molar-refractivity contribution in [2.45, 2.75) is 44.6 Å². The van der Waals surface area contributed by atoms with E-state index in [1.165, 1.54) is 23.2 Å². The molecule has 1 unspecified atom stereocenters. The molecule has 2 saturated heterocycles. The van der Waals surface area contributed by atoms with Crippen LogP contribution in [0, 0.1) is 0 Å². The third kappa shape index (κ3) is 2.97. The molecule has 4 heteroatoms. The SMILES string of the molecule is O=C1CCCCN1C1CCCc2cc(N3CCOCC3)ccc21. The maximum Gasteiger partial charge on any atom is 0.223 e. The maximum absolute atomic E-state index is 12.3. The molecule has 0 bridgehead atoms. The highest BCUT2D eigenvalue weighted by Crippen LogP contribution is 2.37. The summed E-state index contributed by atoms with van der Waals surface area (Å²) in [6.45, 7) is 4.54. The minimum absolute atomic E-state index is 0.310. The molecule has 0 saturated carbocycles. The Balaban J connectivity index is 1.59. The second-order valence-electron chi connectivity index (χ2n) is 6.93. The third-order valence-corrected chi connectivity index (χ3v) is 5.52. The van der Waals surface area contributed by atoms with E-state index in [9.17, 15) is 4.79 Å². The van der Waals surface area contributed by atoms with Crippen LogP contribution >= 0.6 is 0 Å². The molecular weight excluding hydrogens is 288 g/mol. The fourth-order valence-electron chi connectivity index (χ4n) is 4.27. The minimum Gasteiger partial charge on any atom is -0.378 e. The Labute approximate surface area is 138 Å². The van der Waals surface area contributed by atoms with Gasteiger partial charge >= 0.3 is 0 Å². The van der Waals surface area contributed by atoms with Crippen LogP contribution in [0.5, 0.6) is 0 Å². The topological polar surface area (TPSA) is 32.8 Å². The molecule has 124 valence electrons. The normalized spacial score (nSPS) is 25.4. The van der Waals surface area contributed by atoms with E-state index in [0.717, 1.165) is 65.0 Å². The number of hydrogen-bond donors (Lipinski definition) is 0. The van der Waals surface area contributed by atoms with Crippen molar-refractivity contribution >= 4 is 11.6 Å². The molecule has 0 N–H and O–H groups in total. The number of fused-ring (bicyclic) bond motifs is 1. The molecule has 1 aromatic rings. The van der Waals surface area contributed by atoms with Crippen molar-refractivity contribution in [2.24, 2.45) is 0 Å². The smallest absolute Gasteiger partial charge is 0.223 e. The fourth-order valence-corrected chi connectivity index (χ4v) is 4.27. The van der Waals surface area contributed by atoms with Crippen molar-refractivity contribution in [3.63, 3.8) is 0 Å². The predicted molar refractivity (Wildman–Crippen MR) is 90.7 cm³/mol. The summed E-state index contributed by atoms with van der Waals surface area (Å²) < 4.78 is 5.46. The Kier molecular flexibility index (Phi) is 4.25. The number of carbonyl (C=O) groups excluding carboxylic acids is 1. The van der Waals surface area contributed by atoms with E-state index in [2.05, 4.69) is 28.0 Å². The molecule has 4 rings (SSSR count). The first-order valence-corrected chi connectivity index (χ1v) is 9.08. The molecular formula is C19H26N2O2. The number of hydrogen-bond acceptors (Lipinski definition) is 3. The van der Waals surface area contributed by atoms with Gasteiger partial charge in [0, 0.05) is 31.7 Å². The lowest BCUT2D eigenvalue weighted by Crippen LogP contribution is -2.40. The summed E-state index contributed by atoms with van der Waals surface area (Å²) in [6.07, 6.45) is 6.40. The number of carbonyl (C=O) groups is 1. The summed E-state index contributed by atoms with van der Waals surface area (Å²) in [5.74, 6) is 0.353. The first-order valence-electron chi connectivity index (χ1n) is 9.08. The van der Waals surface area contributed by atoms with E-state index in [-0.39, 0.29) is 0 Å². The van der Waals surface area contributed by atoms with Crippen LogP contribution in [0.25, 0.3) is 0 Å². The number of likely N-dealkylation sites (tertiary alicyclic amines) is 1. The van der Waals surface area contributed by atoms with Crippen molar-refractivity contribution in [1.29, 1.82) is 0 Å². The van der Waals surface area contributed by atoms with Crippen LogP contribution in [0.4, 0.5) is 5.69 Å². The van der Waals surface area contributed by atoms with Gasteiger partial charge in [0.05, 0.1) is 19.3 Å². The Morgan fingerprint density at radius 2 is 1.87 bits per heavy atom. The highest BCUT2D eigenvalue weighted by atomic mass is 16.5. The Bertz CT molecular complexity index is 581. The van der Waals surface area contributed by atoms with Gasteiger partial charge in [0.15, 0.2) is 0 Å². The van der Waals surface area contributed by atoms with Gasteiger partial charge in [0.25, 0.3) is 0 Å². The lowest BCUT2D eigenvalue weighted by Gasteiger charge is -2.39. The fraction of sp³-hybridized carbons (Fsp3) is 0.632. The predicted octanol–water partition coefficient (Wildman–Crippen LogP) is 2.91. The summed E-state index contributed by atoms with van der Waals surface area (Å²) >= 11 is 0. The molecule has 1 atom stereocenters. The Morgan fingerprint density at radius 1 is 1.00 bits per heavy atom. The van der Waals surface area contributed by atoms with Gasteiger partial charge in [-0.15, -0.1) is 0 Å². The Morgan fingerprint density at radius 3 is 2.70 bits per heavy atom. The summed E-state index contributed by atoms with van der Waals surface area (Å²) in [6, 6.07) is 7.20.